The van der Waals surface area contributed by atoms with E-state index in [1.807, 2.05) is 0 Å². The van der Waals surface area contributed by atoms with E-state index in [-0.39, 0.29) is 6.10 Å². The van der Waals surface area contributed by atoms with Crippen molar-refractivity contribution in [3.63, 3.8) is 0 Å². The van der Waals surface area contributed by atoms with E-state index in [0.29, 0.717) is 25.5 Å². The Labute approximate surface area is 78.3 Å². The van der Waals surface area contributed by atoms with Gasteiger partial charge in [-0.2, -0.15) is 0 Å². The van der Waals surface area contributed by atoms with Crippen LogP contribution in [0.2, 0.25) is 0 Å². The number of hydrogen-bond acceptors (Lipinski definition) is 3. The van der Waals surface area contributed by atoms with Crippen molar-refractivity contribution in [2.24, 2.45) is 5.92 Å². The molecule has 1 atom stereocenters. The lowest BCUT2D eigenvalue weighted by Crippen LogP contribution is -2.28. The van der Waals surface area contributed by atoms with Crippen molar-refractivity contribution in [1.29, 1.82) is 0 Å². The van der Waals surface area contributed by atoms with Gasteiger partial charge in [-0.25, -0.2) is 4.79 Å². The van der Waals surface area contributed by atoms with Crippen molar-refractivity contribution in [3.05, 3.63) is 0 Å². The van der Waals surface area contributed by atoms with Crippen LogP contribution in [0.1, 0.15) is 26.2 Å². The molecule has 4 nitrogen and oxygen atoms in total. The van der Waals surface area contributed by atoms with Crippen molar-refractivity contribution < 1.29 is 14.6 Å². The average molecular weight is 187 g/mol. The zero-order valence-electron chi connectivity index (χ0n) is 7.95. The maximum absolute atomic E-state index is 10.8. The summed E-state index contributed by atoms with van der Waals surface area (Å²) in [7, 11) is 0. The zero-order valence-corrected chi connectivity index (χ0v) is 7.95. The molecule has 0 spiro atoms. The minimum atomic E-state index is -0.398. The van der Waals surface area contributed by atoms with Gasteiger partial charge in [-0.1, -0.05) is 0 Å². The first-order valence-corrected chi connectivity index (χ1v) is 4.82. The lowest BCUT2D eigenvalue weighted by Gasteiger charge is -2.09. The molecule has 1 aliphatic rings. The van der Waals surface area contributed by atoms with Gasteiger partial charge in [0.25, 0.3) is 0 Å². The summed E-state index contributed by atoms with van der Waals surface area (Å²) in [4.78, 5) is 10.8. The molecule has 4 heteroatoms. The van der Waals surface area contributed by atoms with Gasteiger partial charge in [0.1, 0.15) is 0 Å². The van der Waals surface area contributed by atoms with E-state index in [1.54, 1.807) is 6.92 Å². The molecule has 0 radical (unpaired) electrons. The van der Waals surface area contributed by atoms with Crippen molar-refractivity contribution >= 4 is 6.09 Å². The zero-order chi connectivity index (χ0) is 9.68. The fourth-order valence-corrected chi connectivity index (χ4v) is 1.22. The molecular formula is C9H17NO3. The second-order valence-corrected chi connectivity index (χ2v) is 3.34. The Morgan fingerprint density at radius 3 is 2.92 bits per heavy atom. The van der Waals surface area contributed by atoms with Gasteiger partial charge in [0.05, 0.1) is 12.7 Å². The lowest BCUT2D eigenvalue weighted by molar-refractivity contribution is 0.132. The third-order valence-electron chi connectivity index (χ3n) is 2.15. The van der Waals surface area contributed by atoms with Crippen LogP contribution in [0.15, 0.2) is 0 Å². The molecule has 1 amide bonds. The summed E-state index contributed by atoms with van der Waals surface area (Å²) in [5, 5.41) is 12.0. The number of ether oxygens (including phenoxy) is 1. The van der Waals surface area contributed by atoms with Crippen molar-refractivity contribution in [3.8, 4) is 0 Å². The molecule has 0 bridgehead atoms. The largest absolute Gasteiger partial charge is 0.450 e. The van der Waals surface area contributed by atoms with Gasteiger partial charge in [0, 0.05) is 6.54 Å². The second-order valence-electron chi connectivity index (χ2n) is 3.34. The minimum Gasteiger partial charge on any atom is -0.450 e. The summed E-state index contributed by atoms with van der Waals surface area (Å²) in [6.07, 6.45) is 2.23. The van der Waals surface area contributed by atoms with E-state index in [2.05, 4.69) is 10.1 Å². The molecule has 1 saturated carbocycles. The SMILES string of the molecule is CCOC(=O)NCC[C@H](O)C1CC1. The molecule has 1 aliphatic carbocycles. The molecule has 0 aliphatic heterocycles. The smallest absolute Gasteiger partial charge is 0.407 e. The fraction of sp³-hybridized carbons (Fsp3) is 0.889. The quantitative estimate of drug-likeness (QED) is 0.672. The topological polar surface area (TPSA) is 58.6 Å². The number of nitrogens with one attached hydrogen (secondary N) is 1. The summed E-state index contributed by atoms with van der Waals surface area (Å²) >= 11 is 0. The monoisotopic (exact) mass is 187 g/mol. The van der Waals surface area contributed by atoms with Crippen LogP contribution in [-0.4, -0.2) is 30.5 Å². The van der Waals surface area contributed by atoms with Crippen LogP contribution >= 0.6 is 0 Å². The number of carbonyl (C=O) groups is 1. The fourth-order valence-electron chi connectivity index (χ4n) is 1.22. The van der Waals surface area contributed by atoms with Gasteiger partial charge in [-0.05, 0) is 32.1 Å². The highest BCUT2D eigenvalue weighted by atomic mass is 16.5. The highest BCUT2D eigenvalue weighted by Gasteiger charge is 2.29. The summed E-state index contributed by atoms with van der Waals surface area (Å²) in [5.41, 5.74) is 0. The van der Waals surface area contributed by atoms with Crippen LogP contribution in [-0.2, 0) is 4.74 Å². The number of aliphatic hydroxyl groups is 1. The highest BCUT2D eigenvalue weighted by molar-refractivity contribution is 5.66. The molecule has 0 aromatic carbocycles. The number of aliphatic hydroxyl groups excluding tert-OH is 1. The van der Waals surface area contributed by atoms with E-state index in [4.69, 9.17) is 0 Å². The van der Waals surface area contributed by atoms with Crippen molar-refractivity contribution in [2.75, 3.05) is 13.2 Å². The van der Waals surface area contributed by atoms with Crippen LogP contribution in [0.25, 0.3) is 0 Å². The van der Waals surface area contributed by atoms with Crippen LogP contribution in [0, 0.1) is 5.92 Å². The predicted octanol–water partition coefficient (Wildman–Crippen LogP) is 0.893. The van der Waals surface area contributed by atoms with Crippen molar-refractivity contribution in [2.45, 2.75) is 32.3 Å². The van der Waals surface area contributed by atoms with Gasteiger partial charge in [0.15, 0.2) is 0 Å². The number of rotatable bonds is 5. The summed E-state index contributed by atoms with van der Waals surface area (Å²) in [6.45, 7) is 2.64. The van der Waals surface area contributed by atoms with E-state index in [1.165, 1.54) is 0 Å². The molecule has 13 heavy (non-hydrogen) atoms. The highest BCUT2D eigenvalue weighted by Crippen LogP contribution is 2.33. The Morgan fingerprint density at radius 2 is 2.38 bits per heavy atom. The maximum atomic E-state index is 10.8. The normalized spacial score (nSPS) is 18.0. The predicted molar refractivity (Wildman–Crippen MR) is 48.4 cm³/mol. The molecule has 2 N–H and O–H groups in total. The molecule has 0 unspecified atom stereocenters. The van der Waals surface area contributed by atoms with Gasteiger partial charge in [-0.3, -0.25) is 0 Å². The minimum absolute atomic E-state index is 0.248. The van der Waals surface area contributed by atoms with Gasteiger partial charge >= 0.3 is 6.09 Å². The number of alkyl carbamates (subject to hydrolysis) is 1. The van der Waals surface area contributed by atoms with Gasteiger partial charge in [-0.15, -0.1) is 0 Å². The van der Waals surface area contributed by atoms with Gasteiger partial charge in [0.2, 0.25) is 0 Å². The van der Waals surface area contributed by atoms with E-state index in [0.717, 1.165) is 12.8 Å². The Kier molecular flexibility index (Phi) is 4.02. The molecule has 0 aromatic rings. The summed E-state index contributed by atoms with van der Waals surface area (Å²) in [6, 6.07) is 0. The van der Waals surface area contributed by atoms with E-state index < -0.39 is 6.09 Å². The maximum Gasteiger partial charge on any atom is 0.407 e. The first kappa shape index (κ1) is 10.3. The molecule has 76 valence electrons. The van der Waals surface area contributed by atoms with Crippen LogP contribution in [0.4, 0.5) is 4.79 Å². The molecular weight excluding hydrogens is 170 g/mol. The van der Waals surface area contributed by atoms with Crippen LogP contribution < -0.4 is 5.32 Å². The van der Waals surface area contributed by atoms with Crippen LogP contribution in [0.3, 0.4) is 0 Å². The first-order valence-electron chi connectivity index (χ1n) is 4.82. The molecule has 1 fully saturated rings. The first-order chi connectivity index (χ1) is 6.24. The Hall–Kier alpha value is -0.770. The number of hydrogen-bond donors (Lipinski definition) is 2. The Balaban J connectivity index is 1.96. The average Bonchev–Trinajstić information content (AvgIpc) is 2.86. The Morgan fingerprint density at radius 1 is 1.69 bits per heavy atom. The van der Waals surface area contributed by atoms with Crippen molar-refractivity contribution in [1.82, 2.24) is 5.32 Å². The van der Waals surface area contributed by atoms with Gasteiger partial charge < -0.3 is 15.2 Å². The third-order valence-corrected chi connectivity index (χ3v) is 2.15. The number of carbonyl (C=O) groups excluding carboxylic acids is 1. The van der Waals surface area contributed by atoms with E-state index in [9.17, 15) is 9.90 Å². The molecule has 0 heterocycles. The second kappa shape index (κ2) is 5.07. The standard InChI is InChI=1S/C9H17NO3/c1-2-13-9(12)10-6-5-8(11)7-3-4-7/h7-8,11H,2-6H2,1H3,(H,10,12)/t8-/m0/s1. The third kappa shape index (κ3) is 4.12. The van der Waals surface area contributed by atoms with Crippen LogP contribution in [0.5, 0.6) is 0 Å². The lowest BCUT2D eigenvalue weighted by atomic mass is 10.2. The summed E-state index contributed by atoms with van der Waals surface area (Å²) < 4.78 is 4.67. The molecule has 0 aromatic heterocycles. The Bertz CT molecular complexity index is 168. The molecule has 0 saturated heterocycles. The van der Waals surface area contributed by atoms with E-state index >= 15 is 0 Å². The summed E-state index contributed by atoms with van der Waals surface area (Å²) in [5.74, 6) is 0.476. The molecule has 1 rings (SSSR count). The number of amides is 1.